The van der Waals surface area contributed by atoms with Gasteiger partial charge in [0, 0.05) is 42.3 Å². The van der Waals surface area contributed by atoms with Crippen molar-refractivity contribution in [2.24, 2.45) is 5.41 Å². The lowest BCUT2D eigenvalue weighted by Gasteiger charge is -2.60. The molecule has 0 unspecified atom stereocenters. The van der Waals surface area contributed by atoms with Gasteiger partial charge < -0.3 is 19.6 Å². The van der Waals surface area contributed by atoms with Gasteiger partial charge in [-0.1, -0.05) is 32.9 Å². The van der Waals surface area contributed by atoms with Gasteiger partial charge in [0.15, 0.2) is 0 Å². The summed E-state index contributed by atoms with van der Waals surface area (Å²) >= 11 is 0. The lowest BCUT2D eigenvalue weighted by Crippen LogP contribution is -2.64. The van der Waals surface area contributed by atoms with Crippen molar-refractivity contribution in [2.45, 2.75) is 45.1 Å². The van der Waals surface area contributed by atoms with Gasteiger partial charge in [-0.2, -0.15) is 0 Å². The Morgan fingerprint density at radius 2 is 1.74 bits per heavy atom. The summed E-state index contributed by atoms with van der Waals surface area (Å²) in [5.41, 5.74) is 3.98. The fraction of sp³-hybridized carbons (Fsp3) is 0.500. The summed E-state index contributed by atoms with van der Waals surface area (Å²) in [7, 11) is 0. The van der Waals surface area contributed by atoms with E-state index in [1.165, 1.54) is 5.56 Å². The number of piperidine rings is 1. The lowest BCUT2D eigenvalue weighted by molar-refractivity contribution is -0.0266. The molecule has 164 valence electrons. The van der Waals surface area contributed by atoms with Crippen molar-refractivity contribution in [3.63, 3.8) is 0 Å². The first kappa shape index (κ1) is 20.4. The van der Waals surface area contributed by atoms with Gasteiger partial charge in [0.2, 0.25) is 0 Å². The number of carbonyl (C=O) groups is 1. The van der Waals surface area contributed by atoms with Crippen LogP contribution in [0.15, 0.2) is 42.5 Å². The molecule has 2 bridgehead atoms. The first-order valence-electron chi connectivity index (χ1n) is 11.4. The third-order valence-corrected chi connectivity index (χ3v) is 8.38. The molecule has 2 fully saturated rings. The van der Waals surface area contributed by atoms with E-state index in [1.807, 2.05) is 18.2 Å². The first-order chi connectivity index (χ1) is 14.8. The molecule has 1 amide bonds. The fourth-order valence-electron chi connectivity index (χ4n) is 5.97. The largest absolute Gasteiger partial charge is 0.508 e. The van der Waals surface area contributed by atoms with Gasteiger partial charge in [-0.15, -0.1) is 0 Å². The van der Waals surface area contributed by atoms with Gasteiger partial charge in [0.1, 0.15) is 5.75 Å². The number of likely N-dealkylation sites (tertiary alicyclic amines) is 1. The highest BCUT2D eigenvalue weighted by Crippen LogP contribution is 2.57. The molecule has 0 radical (unpaired) electrons. The van der Waals surface area contributed by atoms with E-state index in [9.17, 15) is 9.90 Å². The number of benzene rings is 2. The average Bonchev–Trinajstić information content (AvgIpc) is 2.77. The predicted octanol–water partition coefficient (Wildman–Crippen LogP) is 3.98. The van der Waals surface area contributed by atoms with E-state index >= 15 is 0 Å². The normalized spacial score (nSPS) is 27.0. The Kier molecular flexibility index (Phi) is 4.78. The van der Waals surface area contributed by atoms with Crippen LogP contribution in [0.3, 0.4) is 0 Å². The third-order valence-electron chi connectivity index (χ3n) is 8.38. The topological polar surface area (TPSA) is 53.0 Å². The molecule has 0 saturated carbocycles. The van der Waals surface area contributed by atoms with Gasteiger partial charge in [-0.05, 0) is 59.7 Å². The van der Waals surface area contributed by atoms with Gasteiger partial charge in [0.05, 0.1) is 13.2 Å². The van der Waals surface area contributed by atoms with Crippen LogP contribution in [0, 0.1) is 5.41 Å². The molecule has 2 aliphatic heterocycles. The van der Waals surface area contributed by atoms with Crippen LogP contribution in [0.25, 0.3) is 0 Å². The van der Waals surface area contributed by atoms with Crippen molar-refractivity contribution in [3.8, 4) is 5.75 Å². The number of ether oxygens (including phenoxy) is 1. The molecule has 5 nitrogen and oxygen atoms in total. The van der Waals surface area contributed by atoms with Crippen LogP contribution in [0.5, 0.6) is 5.75 Å². The molecular weight excluding hydrogens is 388 g/mol. The number of nitrogens with zero attached hydrogens (tertiary/aromatic N) is 2. The number of hydrogen-bond donors (Lipinski definition) is 1. The van der Waals surface area contributed by atoms with Gasteiger partial charge in [0.25, 0.3) is 5.91 Å². The zero-order valence-electron chi connectivity index (χ0n) is 18.7. The molecule has 5 heteroatoms. The summed E-state index contributed by atoms with van der Waals surface area (Å²) in [6, 6.07) is 14.0. The summed E-state index contributed by atoms with van der Waals surface area (Å²) in [6.07, 6.45) is 1.59. The minimum absolute atomic E-state index is 0.0541. The van der Waals surface area contributed by atoms with E-state index < -0.39 is 0 Å². The quantitative estimate of drug-likeness (QED) is 0.798. The molecule has 3 aliphatic rings. The molecule has 0 aromatic heterocycles. The van der Waals surface area contributed by atoms with Crippen LogP contribution < -0.4 is 4.90 Å². The Morgan fingerprint density at radius 1 is 1.03 bits per heavy atom. The second-order valence-corrected chi connectivity index (χ2v) is 9.97. The van der Waals surface area contributed by atoms with Crippen LogP contribution >= 0.6 is 0 Å². The molecule has 2 aromatic carbocycles. The molecule has 0 spiro atoms. The smallest absolute Gasteiger partial charge is 0.254 e. The maximum absolute atomic E-state index is 13.6. The van der Waals surface area contributed by atoms with E-state index in [0.717, 1.165) is 56.1 Å². The van der Waals surface area contributed by atoms with Crippen molar-refractivity contribution >= 4 is 11.6 Å². The number of hydrogen-bond acceptors (Lipinski definition) is 4. The predicted molar refractivity (Wildman–Crippen MR) is 122 cm³/mol. The van der Waals surface area contributed by atoms with Gasteiger partial charge >= 0.3 is 0 Å². The zero-order chi connectivity index (χ0) is 21.8. The number of rotatable bonds is 2. The maximum Gasteiger partial charge on any atom is 0.254 e. The van der Waals surface area contributed by atoms with Crippen LogP contribution in [-0.2, 0) is 16.6 Å². The van der Waals surface area contributed by atoms with E-state index in [4.69, 9.17) is 4.74 Å². The number of fused-ring (bicyclic) bond motifs is 4. The summed E-state index contributed by atoms with van der Waals surface area (Å²) in [6.45, 7) is 10.9. The second kappa shape index (κ2) is 7.27. The van der Waals surface area contributed by atoms with Gasteiger partial charge in [-0.25, -0.2) is 0 Å². The average molecular weight is 421 g/mol. The Hall–Kier alpha value is -2.53. The SMILES string of the molecule is CC1(C)[C@H]2Cc3c(O)cccc3[C@]1(C)CCN2C(=O)c1ccc(N2CCOCC2)cc1. The molecule has 31 heavy (non-hydrogen) atoms. The fourth-order valence-corrected chi connectivity index (χ4v) is 5.97. The highest BCUT2D eigenvalue weighted by atomic mass is 16.5. The maximum atomic E-state index is 13.6. The Bertz CT molecular complexity index is 994. The highest BCUT2D eigenvalue weighted by molar-refractivity contribution is 5.95. The molecule has 5 rings (SSSR count). The number of aromatic hydroxyl groups is 1. The van der Waals surface area contributed by atoms with Crippen molar-refractivity contribution in [1.82, 2.24) is 4.90 Å². The number of anilines is 1. The molecule has 2 atom stereocenters. The van der Waals surface area contributed by atoms with E-state index in [1.54, 1.807) is 6.07 Å². The van der Waals surface area contributed by atoms with E-state index in [-0.39, 0.29) is 22.8 Å². The monoisotopic (exact) mass is 420 g/mol. The Morgan fingerprint density at radius 3 is 2.45 bits per heavy atom. The van der Waals surface area contributed by atoms with Crippen molar-refractivity contribution < 1.29 is 14.6 Å². The minimum Gasteiger partial charge on any atom is -0.508 e. The van der Waals surface area contributed by atoms with Crippen LogP contribution in [0.1, 0.15) is 48.7 Å². The van der Waals surface area contributed by atoms with Crippen LogP contribution in [0.4, 0.5) is 5.69 Å². The van der Waals surface area contributed by atoms with Crippen molar-refractivity contribution in [2.75, 3.05) is 37.7 Å². The van der Waals surface area contributed by atoms with Gasteiger partial charge in [-0.3, -0.25) is 4.79 Å². The van der Waals surface area contributed by atoms with Crippen LogP contribution in [0.2, 0.25) is 0 Å². The molecule has 2 heterocycles. The summed E-state index contributed by atoms with van der Waals surface area (Å²) in [5.74, 6) is 0.445. The summed E-state index contributed by atoms with van der Waals surface area (Å²) < 4.78 is 5.44. The Labute approximate surface area is 184 Å². The van der Waals surface area contributed by atoms with E-state index in [0.29, 0.717) is 12.2 Å². The molecule has 2 aromatic rings. The summed E-state index contributed by atoms with van der Waals surface area (Å²) in [4.78, 5) is 18.0. The second-order valence-electron chi connectivity index (χ2n) is 9.97. The number of phenols is 1. The standard InChI is InChI=1S/C26H32N2O3/c1-25(2)23-17-20-21(5-4-6-22(20)29)26(25,3)11-12-28(23)24(30)18-7-9-19(10-8-18)27-13-15-31-16-14-27/h4-10,23,29H,11-17H2,1-3H3/t23-,26+/m1/s1. The lowest BCUT2D eigenvalue weighted by atomic mass is 9.51. The third kappa shape index (κ3) is 3.05. The minimum atomic E-state index is -0.0879. The molecule has 1 N–H and O–H groups in total. The van der Waals surface area contributed by atoms with Crippen molar-refractivity contribution in [3.05, 3.63) is 59.2 Å². The van der Waals surface area contributed by atoms with E-state index in [2.05, 4.69) is 48.8 Å². The number of carbonyl (C=O) groups excluding carboxylic acids is 1. The number of amides is 1. The molecule has 2 saturated heterocycles. The van der Waals surface area contributed by atoms with Crippen LogP contribution in [-0.4, -0.2) is 54.8 Å². The number of morpholine rings is 1. The molecule has 1 aliphatic carbocycles. The first-order valence-corrected chi connectivity index (χ1v) is 11.4. The Balaban J connectivity index is 1.44. The highest BCUT2D eigenvalue weighted by Gasteiger charge is 2.57. The summed E-state index contributed by atoms with van der Waals surface area (Å²) in [5, 5.41) is 10.6. The molecular formula is C26H32N2O3. The number of phenolic OH excluding ortho intramolecular Hbond substituents is 1. The zero-order valence-corrected chi connectivity index (χ0v) is 18.7. The van der Waals surface area contributed by atoms with Crippen molar-refractivity contribution in [1.29, 1.82) is 0 Å².